The highest BCUT2D eigenvalue weighted by Crippen LogP contribution is 2.39. The number of carbonyl (C=O) groups excluding carboxylic acids is 1. The largest absolute Gasteiger partial charge is 0.444 e. The summed E-state index contributed by atoms with van der Waals surface area (Å²) in [4.78, 5) is 19.7. The number of aromatic nitrogens is 2. The molecule has 1 fully saturated rings. The molecule has 1 aromatic rings. The first-order chi connectivity index (χ1) is 9.26. The molecule has 2 rings (SSSR count). The summed E-state index contributed by atoms with van der Waals surface area (Å²) in [5.74, 6) is 0.216. The maximum Gasteiger partial charge on any atom is 0.414 e. The second-order valence-corrected chi connectivity index (χ2v) is 6.27. The lowest BCUT2D eigenvalue weighted by Gasteiger charge is -2.19. The Hall–Kier alpha value is -1.69. The molecule has 1 saturated carbocycles. The van der Waals surface area contributed by atoms with Crippen molar-refractivity contribution in [1.29, 1.82) is 0 Å². The normalized spacial score (nSPS) is 16.6. The van der Waals surface area contributed by atoms with Gasteiger partial charge < -0.3 is 9.84 Å². The van der Waals surface area contributed by atoms with Gasteiger partial charge in [0.25, 0.3) is 0 Å². The van der Waals surface area contributed by atoms with Crippen LogP contribution in [0.4, 0.5) is 10.7 Å². The van der Waals surface area contributed by atoms with Gasteiger partial charge in [-0.3, -0.25) is 5.32 Å². The quantitative estimate of drug-likeness (QED) is 0.883. The summed E-state index contributed by atoms with van der Waals surface area (Å²) in [6.45, 7) is 5.37. The van der Waals surface area contributed by atoms with Gasteiger partial charge in [0, 0.05) is 12.4 Å². The Morgan fingerprint density at radius 1 is 1.40 bits per heavy atom. The Bertz CT molecular complexity index is 475. The molecule has 0 bridgehead atoms. The van der Waals surface area contributed by atoms with Crippen LogP contribution in [0.15, 0.2) is 12.4 Å². The highest BCUT2D eigenvalue weighted by atomic mass is 16.6. The van der Waals surface area contributed by atoms with E-state index in [0.29, 0.717) is 0 Å². The number of carbonyl (C=O) groups is 1. The molecule has 20 heavy (non-hydrogen) atoms. The van der Waals surface area contributed by atoms with Crippen LogP contribution in [0.25, 0.3) is 0 Å². The fraction of sp³-hybridized carbons (Fsp3) is 0.643. The van der Waals surface area contributed by atoms with Crippen LogP contribution in [0, 0.1) is 0 Å². The molecule has 6 heteroatoms. The Kier molecular flexibility index (Phi) is 3.94. The number of ether oxygens (including phenoxy) is 1. The molecule has 2 N–H and O–H groups in total. The van der Waals surface area contributed by atoms with E-state index in [0.717, 1.165) is 31.2 Å². The van der Waals surface area contributed by atoms with Gasteiger partial charge in [0.2, 0.25) is 5.95 Å². The average molecular weight is 279 g/mol. The molecule has 1 aliphatic rings. The zero-order valence-corrected chi connectivity index (χ0v) is 12.1. The number of amides is 1. The lowest BCUT2D eigenvalue weighted by molar-refractivity contribution is 0.0634. The SMILES string of the molecule is CC(C)(C)OC(=O)Nc1ncc(CCC2(O)CC2)cn1. The van der Waals surface area contributed by atoms with E-state index < -0.39 is 17.3 Å². The summed E-state index contributed by atoms with van der Waals surface area (Å²) in [7, 11) is 0. The number of nitrogens with one attached hydrogen (secondary N) is 1. The first kappa shape index (κ1) is 14.7. The van der Waals surface area contributed by atoms with Gasteiger partial charge in [0.15, 0.2) is 0 Å². The highest BCUT2D eigenvalue weighted by molar-refractivity contribution is 5.82. The lowest BCUT2D eigenvalue weighted by atomic mass is 10.1. The summed E-state index contributed by atoms with van der Waals surface area (Å²) in [6.07, 6.45) is 5.98. The van der Waals surface area contributed by atoms with E-state index in [2.05, 4.69) is 15.3 Å². The summed E-state index contributed by atoms with van der Waals surface area (Å²) in [6, 6.07) is 0. The van der Waals surface area contributed by atoms with E-state index in [1.807, 2.05) is 0 Å². The molecule has 0 atom stereocenters. The Labute approximate surface area is 118 Å². The number of nitrogens with zero attached hydrogens (tertiary/aromatic N) is 2. The van der Waals surface area contributed by atoms with Crippen molar-refractivity contribution in [3.8, 4) is 0 Å². The average Bonchev–Trinajstić information content (AvgIpc) is 3.05. The fourth-order valence-electron chi connectivity index (χ4n) is 1.71. The summed E-state index contributed by atoms with van der Waals surface area (Å²) in [5, 5.41) is 12.2. The van der Waals surface area contributed by atoms with Crippen molar-refractivity contribution in [2.45, 2.75) is 57.7 Å². The second-order valence-electron chi connectivity index (χ2n) is 6.27. The number of rotatable bonds is 4. The fourth-order valence-corrected chi connectivity index (χ4v) is 1.71. The van der Waals surface area contributed by atoms with Crippen LogP contribution in [0.2, 0.25) is 0 Å². The van der Waals surface area contributed by atoms with Crippen molar-refractivity contribution in [3.63, 3.8) is 0 Å². The van der Waals surface area contributed by atoms with Crippen LogP contribution in [0.5, 0.6) is 0 Å². The van der Waals surface area contributed by atoms with Crippen molar-refractivity contribution in [2.75, 3.05) is 5.32 Å². The van der Waals surface area contributed by atoms with Crippen molar-refractivity contribution in [1.82, 2.24) is 9.97 Å². The number of hydrogen-bond acceptors (Lipinski definition) is 5. The molecule has 0 radical (unpaired) electrons. The van der Waals surface area contributed by atoms with Crippen LogP contribution in [-0.2, 0) is 11.2 Å². The summed E-state index contributed by atoms with van der Waals surface area (Å²) < 4.78 is 5.11. The molecular weight excluding hydrogens is 258 g/mol. The van der Waals surface area contributed by atoms with Crippen molar-refractivity contribution >= 4 is 12.0 Å². The van der Waals surface area contributed by atoms with Gasteiger partial charge in [-0.25, -0.2) is 14.8 Å². The topological polar surface area (TPSA) is 84.3 Å². The van der Waals surface area contributed by atoms with Gasteiger partial charge >= 0.3 is 6.09 Å². The molecular formula is C14H21N3O3. The second kappa shape index (κ2) is 5.36. The van der Waals surface area contributed by atoms with Crippen molar-refractivity contribution < 1.29 is 14.6 Å². The smallest absolute Gasteiger partial charge is 0.414 e. The number of aryl methyl sites for hydroxylation is 1. The third-order valence-electron chi connectivity index (χ3n) is 3.02. The molecule has 0 unspecified atom stereocenters. The van der Waals surface area contributed by atoms with Gasteiger partial charge in [-0.2, -0.15) is 0 Å². The van der Waals surface area contributed by atoms with E-state index >= 15 is 0 Å². The molecule has 0 aliphatic heterocycles. The first-order valence-electron chi connectivity index (χ1n) is 6.79. The van der Waals surface area contributed by atoms with E-state index in [4.69, 9.17) is 4.74 Å². The maximum atomic E-state index is 11.5. The molecule has 1 aromatic heterocycles. The standard InChI is InChI=1S/C14H21N3O3/c1-13(2,3)20-12(18)17-11-15-8-10(9-16-11)4-5-14(19)6-7-14/h8-9,19H,4-7H2,1-3H3,(H,15,16,17,18). The zero-order chi connectivity index (χ0) is 14.8. The molecule has 0 saturated heterocycles. The van der Waals surface area contributed by atoms with Crippen LogP contribution in [0.1, 0.15) is 45.6 Å². The molecule has 1 aliphatic carbocycles. The Morgan fingerprint density at radius 2 is 2.00 bits per heavy atom. The highest BCUT2D eigenvalue weighted by Gasteiger charge is 2.39. The van der Waals surface area contributed by atoms with Gasteiger partial charge in [-0.1, -0.05) is 0 Å². The Morgan fingerprint density at radius 3 is 2.50 bits per heavy atom. The molecule has 110 valence electrons. The van der Waals surface area contributed by atoms with E-state index in [-0.39, 0.29) is 5.95 Å². The molecule has 6 nitrogen and oxygen atoms in total. The van der Waals surface area contributed by atoms with Crippen LogP contribution in [-0.4, -0.2) is 32.4 Å². The number of anilines is 1. The minimum Gasteiger partial charge on any atom is -0.444 e. The van der Waals surface area contributed by atoms with Gasteiger partial charge in [-0.05, 0) is 52.0 Å². The van der Waals surface area contributed by atoms with Crippen LogP contribution in [0.3, 0.4) is 0 Å². The van der Waals surface area contributed by atoms with E-state index in [1.54, 1.807) is 33.2 Å². The van der Waals surface area contributed by atoms with Gasteiger partial charge in [0.05, 0.1) is 5.60 Å². The maximum absolute atomic E-state index is 11.5. The molecule has 0 spiro atoms. The monoisotopic (exact) mass is 279 g/mol. The van der Waals surface area contributed by atoms with Crippen LogP contribution < -0.4 is 5.32 Å². The van der Waals surface area contributed by atoms with Crippen molar-refractivity contribution in [2.24, 2.45) is 0 Å². The summed E-state index contributed by atoms with van der Waals surface area (Å²) >= 11 is 0. The minimum atomic E-state index is -0.572. The number of aliphatic hydroxyl groups is 1. The minimum absolute atomic E-state index is 0.216. The molecule has 0 aromatic carbocycles. The number of hydrogen-bond donors (Lipinski definition) is 2. The predicted molar refractivity (Wildman–Crippen MR) is 74.4 cm³/mol. The van der Waals surface area contributed by atoms with E-state index in [9.17, 15) is 9.90 Å². The lowest BCUT2D eigenvalue weighted by Crippen LogP contribution is -2.27. The predicted octanol–water partition coefficient (Wildman–Crippen LogP) is 2.28. The van der Waals surface area contributed by atoms with E-state index in [1.165, 1.54) is 0 Å². The molecule has 1 heterocycles. The van der Waals surface area contributed by atoms with Crippen molar-refractivity contribution in [3.05, 3.63) is 18.0 Å². The van der Waals surface area contributed by atoms with Gasteiger partial charge in [-0.15, -0.1) is 0 Å². The molecule has 1 amide bonds. The third kappa shape index (κ3) is 4.77. The Balaban J connectivity index is 1.83. The van der Waals surface area contributed by atoms with Gasteiger partial charge in [0.1, 0.15) is 5.60 Å². The zero-order valence-electron chi connectivity index (χ0n) is 12.1. The summed E-state index contributed by atoms with van der Waals surface area (Å²) in [5.41, 5.74) is -0.0722. The van der Waals surface area contributed by atoms with Crippen LogP contribution >= 0.6 is 0 Å². The third-order valence-corrected chi connectivity index (χ3v) is 3.02. The first-order valence-corrected chi connectivity index (χ1v) is 6.79.